The molecule has 0 aliphatic rings. The van der Waals surface area contributed by atoms with Crippen molar-refractivity contribution >= 4 is 20.9 Å². The number of hydrogen-bond donors (Lipinski definition) is 0. The molecule has 0 spiro atoms. The maximum atomic E-state index is 11.7. The summed E-state index contributed by atoms with van der Waals surface area (Å²) in [5.41, 5.74) is 2.39. The molecule has 0 amide bonds. The third-order valence-electron chi connectivity index (χ3n) is 5.52. The van der Waals surface area contributed by atoms with E-state index in [4.69, 9.17) is 0 Å². The Balaban J connectivity index is 0.00000420. The Morgan fingerprint density at radius 1 is 0.724 bits per heavy atom. The molecule has 29 heavy (non-hydrogen) atoms. The van der Waals surface area contributed by atoms with Gasteiger partial charge >= 0.3 is 29.6 Å². The standard InChI is InChI=1S/C24H36O3S.Na/c1-3-5-7-9-11-13-20-15-17-22-23(19-20)21(14-12-10-8-6-4-2)16-18-24(22)28(25,26)27;/h15-19H,3-14H2,1-2H3,(H,25,26,27);/q;+1/p-1. The van der Waals surface area contributed by atoms with Crippen molar-refractivity contribution in [1.29, 1.82) is 0 Å². The Labute approximate surface area is 199 Å². The number of fused-ring (bicyclic) bond motifs is 1. The zero-order valence-electron chi connectivity index (χ0n) is 18.5. The van der Waals surface area contributed by atoms with Crippen LogP contribution < -0.4 is 29.6 Å². The van der Waals surface area contributed by atoms with Gasteiger partial charge in [0.15, 0.2) is 0 Å². The van der Waals surface area contributed by atoms with Crippen molar-refractivity contribution in [1.82, 2.24) is 0 Å². The molecule has 0 unspecified atom stereocenters. The largest absolute Gasteiger partial charge is 1.00 e. The van der Waals surface area contributed by atoms with E-state index >= 15 is 0 Å². The van der Waals surface area contributed by atoms with E-state index in [9.17, 15) is 13.0 Å². The number of rotatable bonds is 13. The van der Waals surface area contributed by atoms with Crippen LogP contribution >= 0.6 is 0 Å². The van der Waals surface area contributed by atoms with Gasteiger partial charge in [-0.1, -0.05) is 89.5 Å². The minimum atomic E-state index is -4.47. The average molecular weight is 427 g/mol. The maximum Gasteiger partial charge on any atom is 1.00 e. The first-order valence-corrected chi connectivity index (χ1v) is 12.4. The van der Waals surface area contributed by atoms with Crippen molar-refractivity contribution in [3.05, 3.63) is 41.5 Å². The van der Waals surface area contributed by atoms with Gasteiger partial charge < -0.3 is 4.55 Å². The number of benzene rings is 2. The van der Waals surface area contributed by atoms with Crippen LogP contribution in [0.1, 0.15) is 89.2 Å². The van der Waals surface area contributed by atoms with E-state index in [1.165, 1.54) is 63.0 Å². The van der Waals surface area contributed by atoms with Gasteiger partial charge in [0, 0.05) is 0 Å². The van der Waals surface area contributed by atoms with Crippen LogP contribution in [-0.4, -0.2) is 13.0 Å². The Morgan fingerprint density at radius 2 is 1.31 bits per heavy atom. The van der Waals surface area contributed by atoms with E-state index in [1.807, 2.05) is 18.2 Å². The zero-order valence-corrected chi connectivity index (χ0v) is 21.3. The third kappa shape index (κ3) is 8.70. The minimum absolute atomic E-state index is 0. The molecule has 156 valence electrons. The van der Waals surface area contributed by atoms with Crippen molar-refractivity contribution < 1.29 is 42.5 Å². The molecule has 2 rings (SSSR count). The topological polar surface area (TPSA) is 57.2 Å². The van der Waals surface area contributed by atoms with Crippen LogP contribution in [0.5, 0.6) is 0 Å². The molecule has 0 radical (unpaired) electrons. The van der Waals surface area contributed by atoms with Gasteiger partial charge in [-0.05, 0) is 53.6 Å². The summed E-state index contributed by atoms with van der Waals surface area (Å²) >= 11 is 0. The monoisotopic (exact) mass is 426 g/mol. The van der Waals surface area contributed by atoms with Gasteiger partial charge in [0.1, 0.15) is 10.1 Å². The van der Waals surface area contributed by atoms with Crippen LogP contribution in [0.25, 0.3) is 10.8 Å². The van der Waals surface area contributed by atoms with E-state index in [0.717, 1.165) is 36.6 Å². The normalized spacial score (nSPS) is 11.6. The van der Waals surface area contributed by atoms with E-state index in [1.54, 1.807) is 0 Å². The van der Waals surface area contributed by atoms with Gasteiger partial charge in [-0.25, -0.2) is 8.42 Å². The van der Waals surface area contributed by atoms with Crippen LogP contribution in [0.4, 0.5) is 0 Å². The van der Waals surface area contributed by atoms with Crippen molar-refractivity contribution in [2.75, 3.05) is 0 Å². The number of aryl methyl sites for hydroxylation is 2. The SMILES string of the molecule is CCCCCCCc1ccc2c(S(=O)(=O)[O-])ccc(CCCCCCC)c2c1.[Na+]. The molecule has 0 aliphatic carbocycles. The summed E-state index contributed by atoms with van der Waals surface area (Å²) in [5, 5.41) is 1.52. The quantitative estimate of drug-likeness (QED) is 0.278. The summed E-state index contributed by atoms with van der Waals surface area (Å²) < 4.78 is 35.1. The van der Waals surface area contributed by atoms with Crippen molar-refractivity contribution in [3.63, 3.8) is 0 Å². The van der Waals surface area contributed by atoms with Gasteiger partial charge in [0.2, 0.25) is 0 Å². The van der Waals surface area contributed by atoms with E-state index in [-0.39, 0.29) is 34.5 Å². The first-order valence-electron chi connectivity index (χ1n) is 11.0. The molecular weight excluding hydrogens is 391 g/mol. The van der Waals surface area contributed by atoms with Gasteiger partial charge in [-0.15, -0.1) is 0 Å². The van der Waals surface area contributed by atoms with E-state index in [2.05, 4.69) is 19.9 Å². The summed E-state index contributed by atoms with van der Waals surface area (Å²) in [6.07, 6.45) is 14.1. The molecular formula is C24H35NaO3S. The maximum absolute atomic E-state index is 11.7. The molecule has 2 aromatic rings. The smallest absolute Gasteiger partial charge is 0.744 e. The zero-order chi connectivity index (χ0) is 20.4. The second-order valence-electron chi connectivity index (χ2n) is 7.89. The summed E-state index contributed by atoms with van der Waals surface area (Å²) in [6.45, 7) is 4.42. The average Bonchev–Trinajstić information content (AvgIpc) is 2.66. The Kier molecular flexibility index (Phi) is 12.7. The molecule has 0 saturated heterocycles. The van der Waals surface area contributed by atoms with Crippen LogP contribution in [0, 0.1) is 0 Å². The fourth-order valence-corrected chi connectivity index (χ4v) is 4.55. The summed E-state index contributed by atoms with van der Waals surface area (Å²) in [7, 11) is -4.47. The number of hydrogen-bond acceptors (Lipinski definition) is 3. The van der Waals surface area contributed by atoms with Crippen molar-refractivity contribution in [3.8, 4) is 0 Å². The second-order valence-corrected chi connectivity index (χ2v) is 9.23. The molecule has 0 atom stereocenters. The molecule has 5 heteroatoms. The molecule has 0 saturated carbocycles. The van der Waals surface area contributed by atoms with Crippen molar-refractivity contribution in [2.24, 2.45) is 0 Å². The van der Waals surface area contributed by atoms with Gasteiger partial charge in [0.25, 0.3) is 0 Å². The van der Waals surface area contributed by atoms with E-state index in [0.29, 0.717) is 5.39 Å². The predicted molar refractivity (Wildman–Crippen MR) is 117 cm³/mol. The Bertz CT molecular complexity index is 847. The first kappa shape index (κ1) is 26.6. The van der Waals surface area contributed by atoms with Gasteiger partial charge in [-0.3, -0.25) is 0 Å². The fourth-order valence-electron chi connectivity index (χ4n) is 3.87. The molecule has 0 bridgehead atoms. The minimum Gasteiger partial charge on any atom is -0.744 e. The molecule has 0 heterocycles. The van der Waals surface area contributed by atoms with Crippen LogP contribution in [0.2, 0.25) is 0 Å². The molecule has 0 fully saturated rings. The van der Waals surface area contributed by atoms with Crippen LogP contribution in [0.15, 0.2) is 35.2 Å². The van der Waals surface area contributed by atoms with Crippen LogP contribution in [0.3, 0.4) is 0 Å². The molecule has 0 aromatic heterocycles. The van der Waals surface area contributed by atoms with Gasteiger partial charge in [-0.2, -0.15) is 0 Å². The third-order valence-corrected chi connectivity index (χ3v) is 6.41. The first-order chi connectivity index (χ1) is 13.5. The Hall–Kier alpha value is -0.390. The van der Waals surface area contributed by atoms with E-state index < -0.39 is 10.1 Å². The van der Waals surface area contributed by atoms with Crippen LogP contribution in [-0.2, 0) is 23.0 Å². The number of unbranched alkanes of at least 4 members (excludes halogenated alkanes) is 8. The summed E-state index contributed by atoms with van der Waals surface area (Å²) in [5.74, 6) is 0. The Morgan fingerprint density at radius 3 is 1.90 bits per heavy atom. The van der Waals surface area contributed by atoms with Crippen molar-refractivity contribution in [2.45, 2.75) is 95.8 Å². The molecule has 3 nitrogen and oxygen atoms in total. The predicted octanol–water partition coefficient (Wildman–Crippen LogP) is 3.77. The molecule has 2 aromatic carbocycles. The molecule has 0 aliphatic heterocycles. The molecule has 0 N–H and O–H groups in total. The summed E-state index contributed by atoms with van der Waals surface area (Å²) in [6, 6.07) is 9.28. The fraction of sp³-hybridized carbons (Fsp3) is 0.583. The summed E-state index contributed by atoms with van der Waals surface area (Å²) in [4.78, 5) is -0.0910. The second kappa shape index (κ2) is 13.8. The van der Waals surface area contributed by atoms with Gasteiger partial charge in [0.05, 0.1) is 4.90 Å².